The third-order valence-corrected chi connectivity index (χ3v) is 7.30. The van der Waals surface area contributed by atoms with Gasteiger partial charge in [0, 0.05) is 42.9 Å². The highest BCUT2D eigenvalue weighted by molar-refractivity contribution is 5.88. The molecule has 43 heavy (non-hydrogen) atoms. The molecule has 0 fully saturated rings. The topological polar surface area (TPSA) is 85.4 Å². The second-order valence-corrected chi connectivity index (χ2v) is 11.1. The molecule has 5 rings (SSSR count). The molecule has 0 spiro atoms. The predicted octanol–water partition coefficient (Wildman–Crippen LogP) is 7.09. The maximum absolute atomic E-state index is 13.8. The number of amides is 2. The van der Waals surface area contributed by atoms with Crippen molar-refractivity contribution in [3.8, 4) is 22.7 Å². The number of nitrogens with zero attached hydrogens (tertiary/aromatic N) is 3. The van der Waals surface area contributed by atoms with Crippen LogP contribution in [0.1, 0.15) is 41.8 Å². The number of anilines is 1. The van der Waals surface area contributed by atoms with Crippen molar-refractivity contribution in [1.29, 1.82) is 0 Å². The Morgan fingerprint density at radius 2 is 1.86 bits per heavy atom. The number of nitrogens with one attached hydrogen (secondary N) is 1. The molecule has 3 N–H and O–H groups in total. The van der Waals surface area contributed by atoms with Crippen molar-refractivity contribution < 1.29 is 27.1 Å². The third-order valence-electron chi connectivity index (χ3n) is 7.30. The van der Waals surface area contributed by atoms with E-state index in [1.165, 1.54) is 6.07 Å². The Morgan fingerprint density at radius 3 is 2.53 bits per heavy atom. The largest absolute Gasteiger partial charge is 0.491 e. The van der Waals surface area contributed by atoms with Crippen molar-refractivity contribution in [2.24, 2.45) is 11.7 Å². The SMILES string of the molecule is Cc1cccc(OCC(C)C)c1-n1nc2c(c1-c1ccc(NC(N)=O)cc1)CN(Cc1ccc(F)cc1C(F)(F)F)CC2. The summed E-state index contributed by atoms with van der Waals surface area (Å²) in [6.45, 7) is 7.41. The average molecular weight is 596 g/mol. The number of hydrogen-bond donors (Lipinski definition) is 2. The molecule has 4 aromatic rings. The van der Waals surface area contributed by atoms with E-state index in [9.17, 15) is 22.4 Å². The summed E-state index contributed by atoms with van der Waals surface area (Å²) in [4.78, 5) is 13.3. The van der Waals surface area contributed by atoms with E-state index in [0.29, 0.717) is 49.5 Å². The molecule has 226 valence electrons. The van der Waals surface area contributed by atoms with Crippen LogP contribution in [0.5, 0.6) is 5.75 Å². The van der Waals surface area contributed by atoms with Gasteiger partial charge in [-0.05, 0) is 54.3 Å². The van der Waals surface area contributed by atoms with Gasteiger partial charge < -0.3 is 15.8 Å². The van der Waals surface area contributed by atoms with Gasteiger partial charge in [0.05, 0.1) is 23.6 Å². The Hall–Kier alpha value is -4.38. The monoisotopic (exact) mass is 595 g/mol. The lowest BCUT2D eigenvalue weighted by molar-refractivity contribution is -0.138. The zero-order valence-corrected chi connectivity index (χ0v) is 24.1. The molecular weight excluding hydrogens is 562 g/mol. The number of ether oxygens (including phenoxy) is 1. The van der Waals surface area contributed by atoms with E-state index < -0.39 is 23.6 Å². The van der Waals surface area contributed by atoms with Crippen LogP contribution in [0.15, 0.2) is 60.7 Å². The van der Waals surface area contributed by atoms with Gasteiger partial charge in [-0.2, -0.15) is 18.3 Å². The summed E-state index contributed by atoms with van der Waals surface area (Å²) in [6, 6.07) is 15.1. The quantitative estimate of drug-likeness (QED) is 0.213. The summed E-state index contributed by atoms with van der Waals surface area (Å²) >= 11 is 0. The molecule has 1 aliphatic rings. The van der Waals surface area contributed by atoms with Crippen LogP contribution in [-0.4, -0.2) is 33.9 Å². The number of halogens is 4. The summed E-state index contributed by atoms with van der Waals surface area (Å²) in [5.41, 5.74) is 9.81. The number of carbonyl (C=O) groups excluding carboxylic acids is 1. The van der Waals surface area contributed by atoms with Crippen molar-refractivity contribution in [3.63, 3.8) is 0 Å². The molecule has 0 saturated carbocycles. The average Bonchev–Trinajstić information content (AvgIpc) is 3.30. The highest BCUT2D eigenvalue weighted by atomic mass is 19.4. The molecule has 2 heterocycles. The molecule has 3 aromatic carbocycles. The molecule has 0 saturated heterocycles. The van der Waals surface area contributed by atoms with Crippen LogP contribution in [0.2, 0.25) is 0 Å². The summed E-state index contributed by atoms with van der Waals surface area (Å²) in [6.07, 6.45) is -4.17. The van der Waals surface area contributed by atoms with Crippen molar-refractivity contribution in [2.45, 2.75) is 46.5 Å². The summed E-state index contributed by atoms with van der Waals surface area (Å²) in [5.74, 6) is 0.0360. The van der Waals surface area contributed by atoms with Crippen LogP contribution in [0.4, 0.5) is 28.0 Å². The van der Waals surface area contributed by atoms with Gasteiger partial charge in [-0.1, -0.05) is 44.2 Å². The molecule has 0 aliphatic carbocycles. The second kappa shape index (κ2) is 12.1. The maximum Gasteiger partial charge on any atom is 0.416 e. The molecule has 1 aromatic heterocycles. The highest BCUT2D eigenvalue weighted by Crippen LogP contribution is 2.38. The van der Waals surface area contributed by atoms with Crippen molar-refractivity contribution in [1.82, 2.24) is 14.7 Å². The standard InChI is InChI=1S/C32H33F4N5O2/c1-19(2)18-43-28-6-4-5-20(3)29(28)41-30(21-8-11-24(12-9-21)38-31(37)42)25-17-40(14-13-27(25)39-41)16-22-7-10-23(33)15-26(22)32(34,35)36/h4-12,15,19H,13-14,16-18H2,1-3H3,(H3,37,38,42). The van der Waals surface area contributed by atoms with E-state index in [4.69, 9.17) is 15.6 Å². The number of nitrogens with two attached hydrogens (primary N) is 1. The number of carbonyl (C=O) groups is 1. The fourth-order valence-electron chi connectivity index (χ4n) is 5.34. The van der Waals surface area contributed by atoms with Crippen LogP contribution in [0.3, 0.4) is 0 Å². The van der Waals surface area contributed by atoms with Crippen LogP contribution in [0, 0.1) is 18.7 Å². The van der Waals surface area contributed by atoms with E-state index in [2.05, 4.69) is 19.2 Å². The number of benzene rings is 3. The lowest BCUT2D eigenvalue weighted by Gasteiger charge is -2.28. The Kier molecular flexibility index (Phi) is 8.45. The fourth-order valence-corrected chi connectivity index (χ4v) is 5.34. The minimum atomic E-state index is -4.67. The summed E-state index contributed by atoms with van der Waals surface area (Å²) in [5, 5.41) is 7.57. The Morgan fingerprint density at radius 1 is 1.12 bits per heavy atom. The number of fused-ring (bicyclic) bond motifs is 1. The Balaban J connectivity index is 1.59. The third kappa shape index (κ3) is 6.67. The number of aryl methyl sites for hydroxylation is 1. The Bertz CT molecular complexity index is 1630. The highest BCUT2D eigenvalue weighted by Gasteiger charge is 2.35. The van der Waals surface area contributed by atoms with Crippen LogP contribution in [-0.2, 0) is 25.7 Å². The van der Waals surface area contributed by atoms with E-state index in [-0.39, 0.29) is 12.1 Å². The van der Waals surface area contributed by atoms with Gasteiger partial charge in [-0.3, -0.25) is 4.90 Å². The maximum atomic E-state index is 13.8. The van der Waals surface area contributed by atoms with Crippen LogP contribution < -0.4 is 15.8 Å². The smallest absolute Gasteiger partial charge is 0.416 e. The minimum Gasteiger partial charge on any atom is -0.491 e. The molecule has 0 radical (unpaired) electrons. The van der Waals surface area contributed by atoms with E-state index >= 15 is 0 Å². The first-order valence-corrected chi connectivity index (χ1v) is 14.0. The lowest BCUT2D eigenvalue weighted by Crippen LogP contribution is -2.31. The van der Waals surface area contributed by atoms with Crippen LogP contribution >= 0.6 is 0 Å². The molecule has 7 nitrogen and oxygen atoms in total. The van der Waals surface area contributed by atoms with E-state index in [1.807, 2.05) is 46.8 Å². The van der Waals surface area contributed by atoms with Crippen molar-refractivity contribution in [3.05, 3.63) is 94.4 Å². The zero-order valence-electron chi connectivity index (χ0n) is 24.1. The predicted molar refractivity (Wildman–Crippen MR) is 156 cm³/mol. The normalized spacial score (nSPS) is 13.7. The van der Waals surface area contributed by atoms with E-state index in [1.54, 1.807) is 12.1 Å². The number of urea groups is 1. The van der Waals surface area contributed by atoms with Gasteiger partial charge in [0.1, 0.15) is 17.3 Å². The first kappa shape index (κ1) is 30.1. The van der Waals surface area contributed by atoms with Gasteiger partial charge in [0.15, 0.2) is 0 Å². The molecule has 2 amide bonds. The molecule has 1 aliphatic heterocycles. The number of rotatable bonds is 8. The number of primary amides is 1. The van der Waals surface area contributed by atoms with Gasteiger partial charge in [-0.25, -0.2) is 13.9 Å². The molecule has 11 heteroatoms. The van der Waals surface area contributed by atoms with Gasteiger partial charge in [-0.15, -0.1) is 0 Å². The van der Waals surface area contributed by atoms with Crippen molar-refractivity contribution in [2.75, 3.05) is 18.5 Å². The molecular formula is C32H33F4N5O2. The number of para-hydroxylation sites is 1. The second-order valence-electron chi connectivity index (χ2n) is 11.1. The first-order chi connectivity index (χ1) is 20.4. The molecule has 0 unspecified atom stereocenters. The number of hydrogen-bond acceptors (Lipinski definition) is 4. The summed E-state index contributed by atoms with van der Waals surface area (Å²) < 4.78 is 63.1. The molecule has 0 atom stereocenters. The Labute approximate surface area is 247 Å². The fraction of sp³-hybridized carbons (Fsp3) is 0.312. The molecule has 0 bridgehead atoms. The zero-order chi connectivity index (χ0) is 30.9. The first-order valence-electron chi connectivity index (χ1n) is 14.0. The number of aromatic nitrogens is 2. The number of alkyl halides is 3. The lowest BCUT2D eigenvalue weighted by atomic mass is 9.99. The van der Waals surface area contributed by atoms with Gasteiger partial charge in [0.25, 0.3) is 0 Å². The van der Waals surface area contributed by atoms with Crippen LogP contribution in [0.25, 0.3) is 16.9 Å². The van der Waals surface area contributed by atoms with Gasteiger partial charge >= 0.3 is 12.2 Å². The van der Waals surface area contributed by atoms with E-state index in [0.717, 1.165) is 39.8 Å². The van der Waals surface area contributed by atoms with Crippen molar-refractivity contribution >= 4 is 11.7 Å². The minimum absolute atomic E-state index is 0.00618. The summed E-state index contributed by atoms with van der Waals surface area (Å²) in [7, 11) is 0. The van der Waals surface area contributed by atoms with Gasteiger partial charge in [0.2, 0.25) is 0 Å².